The van der Waals surface area contributed by atoms with E-state index in [2.05, 4.69) is 12.1 Å². The molecule has 4 heteroatoms. The van der Waals surface area contributed by atoms with E-state index in [4.69, 9.17) is 9.47 Å². The monoisotopic (exact) mass is 436 g/mol. The van der Waals surface area contributed by atoms with Crippen molar-refractivity contribution < 1.29 is 18.7 Å². The van der Waals surface area contributed by atoms with E-state index < -0.39 is 0 Å². The number of fused-ring (bicyclic) bond motifs is 1. The fourth-order valence-electron chi connectivity index (χ4n) is 3.91. The summed E-state index contributed by atoms with van der Waals surface area (Å²) in [4.78, 5) is 13.0. The number of carbonyl (C=O) groups is 1. The molecule has 0 amide bonds. The first-order valence-corrected chi connectivity index (χ1v) is 10.7. The van der Waals surface area contributed by atoms with Crippen LogP contribution in [0.25, 0.3) is 17.2 Å². The van der Waals surface area contributed by atoms with Crippen LogP contribution in [0.5, 0.6) is 11.5 Å². The van der Waals surface area contributed by atoms with E-state index in [9.17, 15) is 9.18 Å². The second kappa shape index (κ2) is 8.75. The van der Waals surface area contributed by atoms with Gasteiger partial charge in [-0.25, -0.2) is 4.39 Å². The van der Waals surface area contributed by atoms with Gasteiger partial charge in [-0.3, -0.25) is 4.79 Å². The van der Waals surface area contributed by atoms with E-state index in [0.717, 1.165) is 27.8 Å². The molecular formula is C29H21FO3. The van der Waals surface area contributed by atoms with Crippen LogP contribution in [-0.4, -0.2) is 5.78 Å². The van der Waals surface area contributed by atoms with Gasteiger partial charge in [-0.2, -0.15) is 0 Å². The topological polar surface area (TPSA) is 35.5 Å². The molecule has 1 aliphatic heterocycles. The maximum atomic E-state index is 13.4. The Balaban J connectivity index is 1.34. The SMILES string of the molecule is Cc1cc(OCc2cccc(F)c2)cc2c1C(=O)/C(=C/c1ccc(-c3ccccc3)cc1)O2. The minimum Gasteiger partial charge on any atom is -0.489 e. The van der Waals surface area contributed by atoms with E-state index >= 15 is 0 Å². The molecule has 3 nitrogen and oxygen atoms in total. The molecule has 0 aliphatic carbocycles. The van der Waals surface area contributed by atoms with Crippen molar-refractivity contribution in [2.45, 2.75) is 13.5 Å². The van der Waals surface area contributed by atoms with Crippen LogP contribution in [0.15, 0.2) is 96.8 Å². The number of rotatable bonds is 5. The predicted octanol–water partition coefficient (Wildman–Crippen LogP) is 7.00. The molecule has 0 unspecified atom stereocenters. The molecule has 162 valence electrons. The molecule has 1 aliphatic rings. The largest absolute Gasteiger partial charge is 0.489 e. The molecule has 0 fully saturated rings. The second-order valence-corrected chi connectivity index (χ2v) is 7.96. The van der Waals surface area contributed by atoms with E-state index in [0.29, 0.717) is 17.1 Å². The average molecular weight is 436 g/mol. The number of carbonyl (C=O) groups excluding carboxylic acids is 1. The number of allylic oxidation sites excluding steroid dienone is 1. The van der Waals surface area contributed by atoms with Crippen molar-refractivity contribution in [1.29, 1.82) is 0 Å². The van der Waals surface area contributed by atoms with Gasteiger partial charge in [0.25, 0.3) is 0 Å². The zero-order chi connectivity index (χ0) is 22.8. The summed E-state index contributed by atoms with van der Waals surface area (Å²) < 4.78 is 25.1. The molecule has 0 atom stereocenters. The highest BCUT2D eigenvalue weighted by molar-refractivity contribution is 6.15. The normalized spacial score (nSPS) is 13.6. The summed E-state index contributed by atoms with van der Waals surface area (Å²) in [5.41, 5.74) is 5.17. The van der Waals surface area contributed by atoms with Crippen LogP contribution in [0.3, 0.4) is 0 Å². The second-order valence-electron chi connectivity index (χ2n) is 7.96. The van der Waals surface area contributed by atoms with E-state index in [-0.39, 0.29) is 24.0 Å². The minimum atomic E-state index is -0.304. The molecule has 0 bridgehead atoms. The van der Waals surface area contributed by atoms with Gasteiger partial charge in [-0.1, -0.05) is 66.7 Å². The van der Waals surface area contributed by atoms with Gasteiger partial charge in [-0.15, -0.1) is 0 Å². The van der Waals surface area contributed by atoms with Gasteiger partial charge in [0.2, 0.25) is 5.78 Å². The Morgan fingerprint density at radius 1 is 0.879 bits per heavy atom. The molecular weight excluding hydrogens is 415 g/mol. The fourth-order valence-corrected chi connectivity index (χ4v) is 3.91. The minimum absolute atomic E-state index is 0.147. The summed E-state index contributed by atoms with van der Waals surface area (Å²) >= 11 is 0. The van der Waals surface area contributed by atoms with Crippen LogP contribution < -0.4 is 9.47 Å². The standard InChI is InChI=1S/C29H21FO3/c1-19-14-25(32-18-21-6-5-9-24(30)15-21)17-26-28(19)29(31)27(33-26)16-20-10-12-23(13-11-20)22-7-3-2-4-8-22/h2-17H,18H2,1H3/b27-16-. The number of hydrogen-bond donors (Lipinski definition) is 0. The number of benzene rings is 4. The van der Waals surface area contributed by atoms with Crippen LogP contribution in [0.4, 0.5) is 4.39 Å². The van der Waals surface area contributed by atoms with Gasteiger partial charge in [0.15, 0.2) is 5.76 Å². The van der Waals surface area contributed by atoms with Gasteiger partial charge in [0.1, 0.15) is 23.9 Å². The van der Waals surface area contributed by atoms with Crippen LogP contribution in [-0.2, 0) is 6.61 Å². The first-order chi connectivity index (χ1) is 16.1. The first kappa shape index (κ1) is 20.7. The predicted molar refractivity (Wildman–Crippen MR) is 127 cm³/mol. The van der Waals surface area contributed by atoms with Gasteiger partial charge < -0.3 is 9.47 Å². The molecule has 5 rings (SSSR count). The van der Waals surface area contributed by atoms with Crippen molar-refractivity contribution in [1.82, 2.24) is 0 Å². The van der Waals surface area contributed by atoms with Crippen molar-refractivity contribution in [3.8, 4) is 22.6 Å². The Morgan fingerprint density at radius 3 is 2.39 bits per heavy atom. The number of Topliss-reactive ketones (excluding diaryl/α,β-unsaturated/α-hetero) is 1. The zero-order valence-electron chi connectivity index (χ0n) is 18.0. The quantitative estimate of drug-likeness (QED) is 0.316. The van der Waals surface area contributed by atoms with Crippen LogP contribution in [0.2, 0.25) is 0 Å². The summed E-state index contributed by atoms with van der Waals surface area (Å²) in [5, 5.41) is 0. The van der Waals surface area contributed by atoms with Crippen molar-refractivity contribution in [2.75, 3.05) is 0 Å². The third kappa shape index (κ3) is 4.41. The smallest absolute Gasteiger partial charge is 0.232 e. The lowest BCUT2D eigenvalue weighted by atomic mass is 10.0. The van der Waals surface area contributed by atoms with E-state index in [1.165, 1.54) is 12.1 Å². The molecule has 0 saturated heterocycles. The number of hydrogen-bond acceptors (Lipinski definition) is 3. The summed E-state index contributed by atoms with van der Waals surface area (Å²) in [7, 11) is 0. The van der Waals surface area contributed by atoms with E-state index in [1.807, 2.05) is 49.4 Å². The molecule has 0 N–H and O–H groups in total. The Morgan fingerprint density at radius 2 is 1.64 bits per heavy atom. The molecule has 1 heterocycles. The highest BCUT2D eigenvalue weighted by Crippen LogP contribution is 2.38. The van der Waals surface area contributed by atoms with Crippen molar-refractivity contribution in [3.63, 3.8) is 0 Å². The van der Waals surface area contributed by atoms with Gasteiger partial charge in [0, 0.05) is 6.07 Å². The van der Waals surface area contributed by atoms with Crippen LogP contribution >= 0.6 is 0 Å². The molecule has 0 saturated carbocycles. The lowest BCUT2D eigenvalue weighted by Gasteiger charge is -2.09. The van der Waals surface area contributed by atoms with Crippen molar-refractivity contribution in [3.05, 3.63) is 125 Å². The molecule has 4 aromatic carbocycles. The maximum absolute atomic E-state index is 13.4. The average Bonchev–Trinajstić information content (AvgIpc) is 3.14. The number of aryl methyl sites for hydroxylation is 1. The first-order valence-electron chi connectivity index (χ1n) is 10.7. The summed E-state index contributed by atoms with van der Waals surface area (Å²) in [6.07, 6.45) is 1.75. The zero-order valence-corrected chi connectivity index (χ0v) is 18.0. The Bertz CT molecular complexity index is 1360. The van der Waals surface area contributed by atoms with Gasteiger partial charge in [0.05, 0.1) is 5.56 Å². The molecule has 0 radical (unpaired) electrons. The molecule has 0 aromatic heterocycles. The summed E-state index contributed by atoms with van der Waals surface area (Å²) in [6, 6.07) is 27.9. The maximum Gasteiger partial charge on any atom is 0.232 e. The van der Waals surface area contributed by atoms with Crippen molar-refractivity contribution in [2.24, 2.45) is 0 Å². The lowest BCUT2D eigenvalue weighted by Crippen LogP contribution is -2.00. The number of ether oxygens (including phenoxy) is 2. The molecule has 33 heavy (non-hydrogen) atoms. The van der Waals surface area contributed by atoms with Gasteiger partial charge >= 0.3 is 0 Å². The Labute approximate surface area is 191 Å². The molecule has 4 aromatic rings. The van der Waals surface area contributed by atoms with Crippen LogP contribution in [0.1, 0.15) is 27.0 Å². The van der Waals surface area contributed by atoms with Crippen LogP contribution in [0, 0.1) is 12.7 Å². The highest BCUT2D eigenvalue weighted by Gasteiger charge is 2.30. The Kier molecular flexibility index (Phi) is 5.49. The van der Waals surface area contributed by atoms with Crippen molar-refractivity contribution >= 4 is 11.9 Å². The van der Waals surface area contributed by atoms with Gasteiger partial charge in [-0.05, 0) is 59.0 Å². The summed E-state index contributed by atoms with van der Waals surface area (Å²) in [5.74, 6) is 0.870. The van der Waals surface area contributed by atoms with E-state index in [1.54, 1.807) is 30.3 Å². The fraction of sp³-hybridized carbons (Fsp3) is 0.0690. The highest BCUT2D eigenvalue weighted by atomic mass is 19.1. The Hall–Kier alpha value is -4.18. The third-order valence-electron chi connectivity index (χ3n) is 5.55. The number of halogens is 1. The molecule has 0 spiro atoms. The third-order valence-corrected chi connectivity index (χ3v) is 5.55. The lowest BCUT2D eigenvalue weighted by molar-refractivity contribution is 0.101. The summed E-state index contributed by atoms with van der Waals surface area (Å²) in [6.45, 7) is 2.08. The number of ketones is 1.